The van der Waals surface area contributed by atoms with Crippen LogP contribution in [-0.4, -0.2) is 17.8 Å². The summed E-state index contributed by atoms with van der Waals surface area (Å²) in [6.45, 7) is 1.92. The van der Waals surface area contributed by atoms with Crippen LogP contribution in [-0.2, 0) is 11.0 Å². The largest absolute Gasteiger partial charge is 0.416 e. The van der Waals surface area contributed by atoms with Crippen LogP contribution in [0.3, 0.4) is 0 Å². The lowest BCUT2D eigenvalue weighted by Crippen LogP contribution is -2.25. The van der Waals surface area contributed by atoms with Crippen molar-refractivity contribution in [1.82, 2.24) is 0 Å². The van der Waals surface area contributed by atoms with Crippen LogP contribution in [0.1, 0.15) is 17.5 Å². The highest BCUT2D eigenvalue weighted by Gasteiger charge is 2.34. The van der Waals surface area contributed by atoms with Gasteiger partial charge in [0.1, 0.15) is 0 Å². The molecule has 18 heavy (non-hydrogen) atoms. The highest BCUT2D eigenvalue weighted by atomic mass is 35.5. The summed E-state index contributed by atoms with van der Waals surface area (Å²) in [6.07, 6.45) is -4.25. The van der Waals surface area contributed by atoms with Crippen molar-refractivity contribution in [3.05, 3.63) is 29.3 Å². The first-order chi connectivity index (χ1) is 8.29. The average molecular weight is 278 g/mol. The molecule has 1 aliphatic rings. The third-order valence-corrected chi connectivity index (χ3v) is 3.20. The van der Waals surface area contributed by atoms with Gasteiger partial charge in [-0.1, -0.05) is 6.07 Å². The Morgan fingerprint density at radius 2 is 2.06 bits per heavy atom. The summed E-state index contributed by atoms with van der Waals surface area (Å²) in [5.74, 6) is -0.238. The van der Waals surface area contributed by atoms with Crippen molar-refractivity contribution in [2.24, 2.45) is 0 Å². The van der Waals surface area contributed by atoms with E-state index in [9.17, 15) is 18.0 Å². The van der Waals surface area contributed by atoms with E-state index in [2.05, 4.69) is 0 Å². The van der Waals surface area contributed by atoms with E-state index < -0.39 is 11.7 Å². The predicted octanol–water partition coefficient (Wildman–Crippen LogP) is 3.36. The Bertz CT molecular complexity index is 487. The summed E-state index contributed by atoms with van der Waals surface area (Å²) < 4.78 is 37.9. The van der Waals surface area contributed by atoms with Crippen LogP contribution in [0.2, 0.25) is 0 Å². The highest BCUT2D eigenvalue weighted by molar-refractivity contribution is 6.24. The molecule has 1 heterocycles. The lowest BCUT2D eigenvalue weighted by molar-refractivity contribution is -0.137. The Morgan fingerprint density at radius 1 is 1.39 bits per heavy atom. The van der Waals surface area contributed by atoms with Gasteiger partial charge < -0.3 is 4.90 Å². The summed E-state index contributed by atoms with van der Waals surface area (Å²) >= 11 is 5.85. The zero-order valence-electron chi connectivity index (χ0n) is 9.59. The van der Waals surface area contributed by atoms with Gasteiger partial charge in [-0.05, 0) is 24.6 Å². The number of amides is 1. The van der Waals surface area contributed by atoms with Crippen LogP contribution in [0.25, 0.3) is 0 Å². The van der Waals surface area contributed by atoms with Gasteiger partial charge in [0, 0.05) is 18.7 Å². The number of nitrogens with zero attached hydrogens (tertiary/aromatic N) is 1. The average Bonchev–Trinajstić information content (AvgIpc) is 2.56. The zero-order valence-corrected chi connectivity index (χ0v) is 10.3. The van der Waals surface area contributed by atoms with E-state index >= 15 is 0 Å². The molecule has 6 heteroatoms. The van der Waals surface area contributed by atoms with Crippen molar-refractivity contribution < 1.29 is 18.0 Å². The Balaban J connectivity index is 2.41. The third kappa shape index (κ3) is 2.46. The number of halogens is 4. The molecule has 0 aromatic heterocycles. The normalized spacial score (nSPS) is 20.6. The molecule has 1 saturated heterocycles. The summed E-state index contributed by atoms with van der Waals surface area (Å²) in [5.41, 5.74) is 0.161. The highest BCUT2D eigenvalue weighted by Crippen LogP contribution is 2.35. The molecule has 0 spiro atoms. The van der Waals surface area contributed by atoms with Crippen molar-refractivity contribution >= 4 is 23.2 Å². The molecule has 1 aromatic carbocycles. The molecular weight excluding hydrogens is 267 g/mol. The Hall–Kier alpha value is -1.23. The van der Waals surface area contributed by atoms with Gasteiger partial charge in [0.15, 0.2) is 0 Å². The van der Waals surface area contributed by atoms with Crippen LogP contribution in [0.4, 0.5) is 18.9 Å². The van der Waals surface area contributed by atoms with E-state index in [1.807, 2.05) is 0 Å². The van der Waals surface area contributed by atoms with E-state index in [0.717, 1.165) is 12.1 Å². The Kier molecular flexibility index (Phi) is 3.27. The number of carbonyl (C=O) groups excluding carboxylic acids is 1. The van der Waals surface area contributed by atoms with E-state index in [4.69, 9.17) is 11.6 Å². The molecule has 1 fully saturated rings. The van der Waals surface area contributed by atoms with Gasteiger partial charge in [0.25, 0.3) is 0 Å². The first-order valence-electron chi connectivity index (χ1n) is 5.41. The quantitative estimate of drug-likeness (QED) is 0.721. The van der Waals surface area contributed by atoms with Gasteiger partial charge in [-0.25, -0.2) is 0 Å². The molecule has 1 aliphatic heterocycles. The maximum absolute atomic E-state index is 12.6. The van der Waals surface area contributed by atoms with Crippen LogP contribution in [0, 0.1) is 6.92 Å². The second kappa shape index (κ2) is 4.46. The number of carbonyl (C=O) groups is 1. The summed E-state index contributed by atoms with van der Waals surface area (Å²) in [7, 11) is 0. The smallest absolute Gasteiger partial charge is 0.311 e. The fraction of sp³-hybridized carbons (Fsp3) is 0.417. The molecule has 98 valence electrons. The van der Waals surface area contributed by atoms with Crippen molar-refractivity contribution in [3.8, 4) is 0 Å². The summed E-state index contributed by atoms with van der Waals surface area (Å²) in [4.78, 5) is 13.0. The first kappa shape index (κ1) is 13.2. The molecular formula is C12H11ClF3NO. The fourth-order valence-electron chi connectivity index (χ4n) is 1.97. The monoisotopic (exact) mass is 277 g/mol. The Labute approximate surface area is 107 Å². The van der Waals surface area contributed by atoms with Gasteiger partial charge in [-0.15, -0.1) is 11.6 Å². The van der Waals surface area contributed by atoms with E-state index in [1.54, 1.807) is 6.92 Å². The standard InChI is InChI=1S/C12H11ClF3NO/c1-7-2-3-8(12(14,15)16)4-10(7)17-6-9(13)5-11(17)18/h2-4,9H,5-6H2,1H3. The van der Waals surface area contributed by atoms with Gasteiger partial charge >= 0.3 is 6.18 Å². The van der Waals surface area contributed by atoms with Gasteiger partial charge in [-0.2, -0.15) is 13.2 Å². The second-order valence-corrected chi connectivity index (χ2v) is 4.92. The minimum atomic E-state index is -4.41. The van der Waals surface area contributed by atoms with Crippen LogP contribution >= 0.6 is 11.6 Å². The molecule has 1 unspecified atom stereocenters. The third-order valence-electron chi connectivity index (χ3n) is 2.91. The maximum atomic E-state index is 12.6. The Morgan fingerprint density at radius 3 is 2.56 bits per heavy atom. The number of hydrogen-bond donors (Lipinski definition) is 0. The lowest BCUT2D eigenvalue weighted by Gasteiger charge is -2.20. The van der Waals surface area contributed by atoms with Crippen LogP contribution < -0.4 is 4.90 Å². The predicted molar refractivity (Wildman–Crippen MR) is 62.8 cm³/mol. The van der Waals surface area contributed by atoms with E-state index in [0.29, 0.717) is 5.56 Å². The topological polar surface area (TPSA) is 20.3 Å². The first-order valence-corrected chi connectivity index (χ1v) is 5.85. The van der Waals surface area contributed by atoms with Gasteiger partial charge in [0.2, 0.25) is 5.91 Å². The fourth-order valence-corrected chi connectivity index (χ4v) is 2.24. The molecule has 2 nitrogen and oxygen atoms in total. The lowest BCUT2D eigenvalue weighted by atomic mass is 10.1. The van der Waals surface area contributed by atoms with Gasteiger partial charge in [0.05, 0.1) is 10.9 Å². The number of benzene rings is 1. The number of alkyl halides is 4. The molecule has 2 rings (SSSR count). The van der Waals surface area contributed by atoms with Crippen molar-refractivity contribution in [2.75, 3.05) is 11.4 Å². The number of hydrogen-bond acceptors (Lipinski definition) is 1. The molecule has 0 radical (unpaired) electrons. The van der Waals surface area contributed by atoms with E-state index in [-0.39, 0.29) is 29.9 Å². The van der Waals surface area contributed by atoms with Crippen molar-refractivity contribution in [3.63, 3.8) is 0 Å². The molecule has 1 aromatic rings. The minimum Gasteiger partial charge on any atom is -0.311 e. The van der Waals surface area contributed by atoms with Crippen molar-refractivity contribution in [1.29, 1.82) is 0 Å². The SMILES string of the molecule is Cc1ccc(C(F)(F)F)cc1N1CC(Cl)CC1=O. The number of anilines is 1. The molecule has 1 amide bonds. The zero-order chi connectivity index (χ0) is 13.5. The van der Waals surface area contributed by atoms with Gasteiger partial charge in [-0.3, -0.25) is 4.79 Å². The van der Waals surface area contributed by atoms with Crippen LogP contribution in [0.5, 0.6) is 0 Å². The minimum absolute atomic E-state index is 0.164. The van der Waals surface area contributed by atoms with Crippen molar-refractivity contribution in [2.45, 2.75) is 24.9 Å². The number of aryl methyl sites for hydroxylation is 1. The molecule has 1 atom stereocenters. The molecule has 0 saturated carbocycles. The van der Waals surface area contributed by atoms with E-state index in [1.165, 1.54) is 11.0 Å². The number of rotatable bonds is 1. The summed E-state index contributed by atoms with van der Waals surface area (Å²) in [5, 5.41) is -0.341. The maximum Gasteiger partial charge on any atom is 0.416 e. The summed E-state index contributed by atoms with van der Waals surface area (Å²) in [6, 6.07) is 3.38. The molecule has 0 bridgehead atoms. The second-order valence-electron chi connectivity index (χ2n) is 4.30. The molecule has 0 N–H and O–H groups in total. The molecule has 0 aliphatic carbocycles. The van der Waals surface area contributed by atoms with Crippen LogP contribution in [0.15, 0.2) is 18.2 Å².